The van der Waals surface area contributed by atoms with Gasteiger partial charge in [0.25, 0.3) is 0 Å². The standard InChI is InChI=1S/C22H24F2O3/c1-3-15-7-10-18(26-13-15)17-8-5-16(6-9-17)14-27-20-12-11-19(25-4-2)21(23)22(20)24/h3,5-6,8-9,11-12,15,18H,1,4,7,10,13-14H2,2H3. The molecule has 0 radical (unpaired) electrons. The van der Waals surface area contributed by atoms with Gasteiger partial charge in [-0.05, 0) is 43.0 Å². The summed E-state index contributed by atoms with van der Waals surface area (Å²) in [4.78, 5) is 0. The van der Waals surface area contributed by atoms with Crippen LogP contribution in [-0.4, -0.2) is 13.2 Å². The highest BCUT2D eigenvalue weighted by molar-refractivity contribution is 5.35. The fourth-order valence-electron chi connectivity index (χ4n) is 3.10. The molecule has 0 saturated carbocycles. The van der Waals surface area contributed by atoms with Gasteiger partial charge in [0.2, 0.25) is 11.6 Å². The van der Waals surface area contributed by atoms with Gasteiger partial charge < -0.3 is 14.2 Å². The molecular weight excluding hydrogens is 350 g/mol. The maximum atomic E-state index is 14.1. The summed E-state index contributed by atoms with van der Waals surface area (Å²) < 4.78 is 44.3. The van der Waals surface area contributed by atoms with Gasteiger partial charge in [-0.1, -0.05) is 30.3 Å². The van der Waals surface area contributed by atoms with Gasteiger partial charge >= 0.3 is 0 Å². The van der Waals surface area contributed by atoms with Gasteiger partial charge in [-0.25, -0.2) is 0 Å². The van der Waals surface area contributed by atoms with E-state index in [-0.39, 0.29) is 30.8 Å². The van der Waals surface area contributed by atoms with Crippen LogP contribution in [0.1, 0.15) is 37.0 Å². The molecule has 3 rings (SSSR count). The van der Waals surface area contributed by atoms with Gasteiger partial charge in [0.15, 0.2) is 11.5 Å². The van der Waals surface area contributed by atoms with Crippen LogP contribution < -0.4 is 9.47 Å². The lowest BCUT2D eigenvalue weighted by molar-refractivity contribution is -0.00515. The van der Waals surface area contributed by atoms with E-state index < -0.39 is 11.6 Å². The molecule has 2 aromatic rings. The van der Waals surface area contributed by atoms with E-state index in [0.29, 0.717) is 12.5 Å². The summed E-state index contributed by atoms with van der Waals surface area (Å²) in [5.41, 5.74) is 1.98. The molecule has 0 spiro atoms. The topological polar surface area (TPSA) is 27.7 Å². The van der Waals surface area contributed by atoms with Crippen molar-refractivity contribution in [3.8, 4) is 11.5 Å². The maximum Gasteiger partial charge on any atom is 0.204 e. The van der Waals surface area contributed by atoms with Crippen molar-refractivity contribution in [3.63, 3.8) is 0 Å². The van der Waals surface area contributed by atoms with Gasteiger partial charge in [0, 0.05) is 5.92 Å². The van der Waals surface area contributed by atoms with Gasteiger partial charge in [-0.2, -0.15) is 8.78 Å². The lowest BCUT2D eigenvalue weighted by atomic mass is 9.94. The Morgan fingerprint density at radius 3 is 2.26 bits per heavy atom. The predicted molar refractivity (Wildman–Crippen MR) is 99.9 cm³/mol. The monoisotopic (exact) mass is 374 g/mol. The number of benzene rings is 2. The first-order chi connectivity index (χ1) is 13.1. The molecule has 0 bridgehead atoms. The van der Waals surface area contributed by atoms with Crippen molar-refractivity contribution in [3.05, 3.63) is 71.8 Å². The molecule has 1 saturated heterocycles. The molecule has 3 nitrogen and oxygen atoms in total. The minimum atomic E-state index is -1.04. The number of rotatable bonds is 7. The second-order valence-electron chi connectivity index (χ2n) is 6.55. The van der Waals surface area contributed by atoms with E-state index in [9.17, 15) is 8.78 Å². The minimum absolute atomic E-state index is 0.0915. The van der Waals surface area contributed by atoms with E-state index in [1.54, 1.807) is 6.92 Å². The molecule has 2 unspecified atom stereocenters. The molecule has 0 N–H and O–H groups in total. The average Bonchev–Trinajstić information content (AvgIpc) is 2.71. The molecule has 1 aliphatic rings. The highest BCUT2D eigenvalue weighted by Gasteiger charge is 2.21. The largest absolute Gasteiger partial charge is 0.491 e. The van der Waals surface area contributed by atoms with Gasteiger partial charge in [0.05, 0.1) is 19.3 Å². The molecule has 1 aliphatic heterocycles. The molecule has 2 aromatic carbocycles. The number of halogens is 2. The zero-order chi connectivity index (χ0) is 19.2. The third kappa shape index (κ3) is 4.66. The third-order valence-electron chi connectivity index (χ3n) is 4.70. The van der Waals surface area contributed by atoms with Crippen molar-refractivity contribution in [1.29, 1.82) is 0 Å². The summed E-state index contributed by atoms with van der Waals surface area (Å²) in [6.45, 7) is 6.63. The van der Waals surface area contributed by atoms with Crippen molar-refractivity contribution >= 4 is 0 Å². The number of hydrogen-bond acceptors (Lipinski definition) is 3. The molecule has 144 valence electrons. The Kier molecular flexibility index (Phi) is 6.45. The van der Waals surface area contributed by atoms with E-state index in [4.69, 9.17) is 14.2 Å². The lowest BCUT2D eigenvalue weighted by Gasteiger charge is -2.27. The predicted octanol–water partition coefficient (Wildman–Crippen LogP) is 5.60. The van der Waals surface area contributed by atoms with Crippen LogP contribution in [0.3, 0.4) is 0 Å². The summed E-state index contributed by atoms with van der Waals surface area (Å²) >= 11 is 0. The zero-order valence-electron chi connectivity index (χ0n) is 15.4. The highest BCUT2D eigenvalue weighted by atomic mass is 19.2. The van der Waals surface area contributed by atoms with Crippen LogP contribution in [0.2, 0.25) is 0 Å². The summed E-state index contributed by atoms with van der Waals surface area (Å²) in [6.07, 6.45) is 4.07. The highest BCUT2D eigenvalue weighted by Crippen LogP contribution is 2.31. The Morgan fingerprint density at radius 1 is 1.04 bits per heavy atom. The third-order valence-corrected chi connectivity index (χ3v) is 4.70. The minimum Gasteiger partial charge on any atom is -0.491 e. The van der Waals surface area contributed by atoms with Gasteiger partial charge in [0.1, 0.15) is 6.61 Å². The summed E-state index contributed by atoms with van der Waals surface area (Å²) in [7, 11) is 0. The zero-order valence-corrected chi connectivity index (χ0v) is 15.4. The van der Waals surface area contributed by atoms with E-state index in [0.717, 1.165) is 24.0 Å². The van der Waals surface area contributed by atoms with Crippen LogP contribution in [0.15, 0.2) is 49.1 Å². The smallest absolute Gasteiger partial charge is 0.204 e. The molecule has 0 amide bonds. The molecule has 5 heteroatoms. The van der Waals surface area contributed by atoms with E-state index in [2.05, 4.69) is 6.58 Å². The summed E-state index contributed by atoms with van der Waals surface area (Å²) in [5, 5.41) is 0. The quantitative estimate of drug-likeness (QED) is 0.591. The van der Waals surface area contributed by atoms with Crippen LogP contribution in [0.5, 0.6) is 11.5 Å². The summed E-state index contributed by atoms with van der Waals surface area (Å²) in [6, 6.07) is 10.6. The maximum absolute atomic E-state index is 14.1. The van der Waals surface area contributed by atoms with E-state index >= 15 is 0 Å². The SMILES string of the molecule is C=CC1CCC(c2ccc(COc3ccc(OCC)c(F)c3F)cc2)OC1. The van der Waals surface area contributed by atoms with Crippen molar-refractivity contribution in [2.45, 2.75) is 32.5 Å². The van der Waals surface area contributed by atoms with Crippen molar-refractivity contribution in [1.82, 2.24) is 0 Å². The Bertz CT molecular complexity index is 766. The van der Waals surface area contributed by atoms with Gasteiger partial charge in [-0.3, -0.25) is 0 Å². The molecule has 0 aromatic heterocycles. The molecule has 1 fully saturated rings. The Hall–Kier alpha value is -2.40. The number of ether oxygens (including phenoxy) is 3. The molecule has 1 heterocycles. The van der Waals surface area contributed by atoms with Gasteiger partial charge in [-0.15, -0.1) is 6.58 Å². The van der Waals surface area contributed by atoms with Crippen LogP contribution in [-0.2, 0) is 11.3 Å². The summed E-state index contributed by atoms with van der Waals surface area (Å²) in [5.74, 6) is -1.88. The molecule has 0 aliphatic carbocycles. The Balaban J connectivity index is 1.59. The first kappa shape index (κ1) is 19.4. The second-order valence-corrected chi connectivity index (χ2v) is 6.55. The fourth-order valence-corrected chi connectivity index (χ4v) is 3.10. The van der Waals surface area contributed by atoms with Crippen LogP contribution in [0.4, 0.5) is 8.78 Å². The van der Waals surface area contributed by atoms with Crippen LogP contribution in [0.25, 0.3) is 0 Å². The Labute approximate surface area is 158 Å². The fraction of sp³-hybridized carbons (Fsp3) is 0.364. The normalized spacial score (nSPS) is 19.5. The van der Waals surface area contributed by atoms with Crippen LogP contribution >= 0.6 is 0 Å². The second kappa shape index (κ2) is 9.00. The van der Waals surface area contributed by atoms with Crippen molar-refractivity contribution in [2.75, 3.05) is 13.2 Å². The molecular formula is C22H24F2O3. The van der Waals surface area contributed by atoms with E-state index in [1.807, 2.05) is 30.3 Å². The van der Waals surface area contributed by atoms with E-state index in [1.165, 1.54) is 12.1 Å². The van der Waals surface area contributed by atoms with Crippen molar-refractivity contribution < 1.29 is 23.0 Å². The van der Waals surface area contributed by atoms with Crippen molar-refractivity contribution in [2.24, 2.45) is 5.92 Å². The Morgan fingerprint density at radius 2 is 1.70 bits per heavy atom. The molecule has 27 heavy (non-hydrogen) atoms. The first-order valence-corrected chi connectivity index (χ1v) is 9.19. The number of hydrogen-bond donors (Lipinski definition) is 0. The first-order valence-electron chi connectivity index (χ1n) is 9.19. The molecule has 2 atom stereocenters. The van der Waals surface area contributed by atoms with Crippen LogP contribution in [0, 0.1) is 17.6 Å². The average molecular weight is 374 g/mol. The lowest BCUT2D eigenvalue weighted by Crippen LogP contribution is -2.19.